The van der Waals surface area contributed by atoms with Gasteiger partial charge in [-0.3, -0.25) is 9.78 Å². The first-order valence-corrected chi connectivity index (χ1v) is 15.4. The first-order chi connectivity index (χ1) is 20.6. The van der Waals surface area contributed by atoms with Crippen molar-refractivity contribution in [1.82, 2.24) is 20.2 Å². The van der Waals surface area contributed by atoms with Crippen LogP contribution in [0.2, 0.25) is 0 Å². The van der Waals surface area contributed by atoms with Gasteiger partial charge in [0.1, 0.15) is 6.04 Å². The Labute approximate surface area is 254 Å². The fourth-order valence-electron chi connectivity index (χ4n) is 7.26. The van der Waals surface area contributed by atoms with Gasteiger partial charge in [-0.1, -0.05) is 76.4 Å². The van der Waals surface area contributed by atoms with Gasteiger partial charge in [0.05, 0.1) is 13.2 Å². The highest BCUT2D eigenvalue weighted by molar-refractivity contribution is 5.87. The molecule has 1 aromatic carbocycles. The van der Waals surface area contributed by atoms with Gasteiger partial charge in [-0.2, -0.15) is 0 Å². The molecule has 1 aliphatic carbocycles. The number of carboxylic acids is 1. The minimum atomic E-state index is -0.957. The number of amides is 1. The van der Waals surface area contributed by atoms with Crippen molar-refractivity contribution in [2.75, 3.05) is 7.11 Å². The summed E-state index contributed by atoms with van der Waals surface area (Å²) in [7, 11) is 1.60. The number of aryl methyl sites for hydroxylation is 1. The van der Waals surface area contributed by atoms with Crippen LogP contribution >= 0.6 is 0 Å². The second-order valence-electron chi connectivity index (χ2n) is 13.0. The second-order valence-corrected chi connectivity index (χ2v) is 13.0. The molecule has 3 aromatic rings. The molecule has 8 heteroatoms. The summed E-state index contributed by atoms with van der Waals surface area (Å²) < 4.78 is 5.66. The van der Waals surface area contributed by atoms with E-state index in [1.165, 1.54) is 0 Å². The lowest BCUT2D eigenvalue weighted by Gasteiger charge is -2.36. The third-order valence-corrected chi connectivity index (χ3v) is 9.23. The molecule has 0 spiro atoms. The molecule has 2 aromatic heterocycles. The van der Waals surface area contributed by atoms with E-state index >= 15 is 0 Å². The van der Waals surface area contributed by atoms with Crippen molar-refractivity contribution in [1.29, 1.82) is 0 Å². The van der Waals surface area contributed by atoms with Crippen molar-refractivity contribution in [3.05, 3.63) is 77.7 Å². The number of hydrogen-bond acceptors (Lipinski definition) is 6. The number of likely N-dealkylation sites (tertiary alicyclic amines) is 1. The number of methoxy groups -OCH3 is 1. The number of benzene rings is 1. The standard InChI is InChI=1S/C35H44N4O4/c1-22-27(17-12-18-36-22)25-19-26(32(43-5)38-20-25)21-37-29-28(35(2,3)4)31(34(41)42)39(30(29)23-13-8-6-9-14-23)33(40)24-15-10-7-11-16-24/h6,8-9,12-14,17-20,24,28-31,37H,7,10-11,15-16,21H2,1-5H3,(H,41,42)/t28-,29-,30-,31-/m0/s1. The maximum absolute atomic E-state index is 14.3. The van der Waals surface area contributed by atoms with E-state index in [2.05, 4.69) is 42.1 Å². The first-order valence-electron chi connectivity index (χ1n) is 15.4. The van der Waals surface area contributed by atoms with Crippen molar-refractivity contribution in [3.8, 4) is 17.0 Å². The molecule has 8 nitrogen and oxygen atoms in total. The van der Waals surface area contributed by atoms with Crippen molar-refractivity contribution >= 4 is 11.9 Å². The van der Waals surface area contributed by atoms with E-state index in [1.54, 1.807) is 24.4 Å². The molecule has 2 aliphatic rings. The number of hydrogen-bond donors (Lipinski definition) is 2. The number of carbonyl (C=O) groups excluding carboxylic acids is 1. The Kier molecular flexibility index (Phi) is 9.16. The minimum absolute atomic E-state index is 0.0344. The van der Waals surface area contributed by atoms with Crippen LogP contribution in [0.1, 0.15) is 75.7 Å². The summed E-state index contributed by atoms with van der Waals surface area (Å²) >= 11 is 0. The van der Waals surface area contributed by atoms with Crippen LogP contribution in [0.4, 0.5) is 0 Å². The summed E-state index contributed by atoms with van der Waals surface area (Å²) in [6, 6.07) is 14.2. The van der Waals surface area contributed by atoms with Crippen LogP contribution in [0.3, 0.4) is 0 Å². The molecule has 0 radical (unpaired) electrons. The molecular formula is C35H44N4O4. The maximum Gasteiger partial charge on any atom is 0.326 e. The van der Waals surface area contributed by atoms with Crippen LogP contribution in [0.5, 0.6) is 5.88 Å². The molecule has 3 heterocycles. The van der Waals surface area contributed by atoms with Crippen LogP contribution in [0.15, 0.2) is 60.9 Å². The first kappa shape index (κ1) is 30.7. The van der Waals surface area contributed by atoms with Gasteiger partial charge < -0.3 is 20.1 Å². The number of nitrogens with one attached hydrogen (secondary N) is 1. The molecule has 1 saturated carbocycles. The van der Waals surface area contributed by atoms with Crippen molar-refractivity contribution in [3.63, 3.8) is 0 Å². The van der Waals surface area contributed by atoms with Crippen LogP contribution < -0.4 is 10.1 Å². The van der Waals surface area contributed by atoms with Crippen LogP contribution in [0, 0.1) is 24.2 Å². The van der Waals surface area contributed by atoms with Gasteiger partial charge in [0, 0.05) is 59.2 Å². The van der Waals surface area contributed by atoms with Gasteiger partial charge >= 0.3 is 5.97 Å². The highest BCUT2D eigenvalue weighted by Crippen LogP contribution is 2.49. The van der Waals surface area contributed by atoms with E-state index in [0.29, 0.717) is 12.4 Å². The van der Waals surface area contributed by atoms with E-state index in [1.807, 2.05) is 49.4 Å². The van der Waals surface area contributed by atoms with Crippen LogP contribution in [0.25, 0.3) is 11.1 Å². The Hall–Kier alpha value is -3.78. The van der Waals surface area contributed by atoms with Crippen molar-refractivity contribution in [2.45, 2.75) is 84.5 Å². The monoisotopic (exact) mass is 584 g/mol. The molecule has 2 N–H and O–H groups in total. The molecule has 1 aliphatic heterocycles. The molecule has 43 heavy (non-hydrogen) atoms. The van der Waals surface area contributed by atoms with Crippen molar-refractivity contribution < 1.29 is 19.4 Å². The zero-order chi connectivity index (χ0) is 30.7. The van der Waals surface area contributed by atoms with Gasteiger partial charge in [-0.25, -0.2) is 9.78 Å². The lowest BCUT2D eigenvalue weighted by molar-refractivity contribution is -0.154. The number of ether oxygens (including phenoxy) is 1. The Balaban J connectivity index is 1.58. The molecule has 1 saturated heterocycles. The number of carboxylic acid groups (broad SMARTS) is 1. The van der Waals surface area contributed by atoms with Crippen LogP contribution in [-0.2, 0) is 16.1 Å². The summed E-state index contributed by atoms with van der Waals surface area (Å²) in [5, 5.41) is 14.5. The van der Waals surface area contributed by atoms with Gasteiger partial charge in [-0.05, 0) is 42.9 Å². The zero-order valence-corrected chi connectivity index (χ0v) is 25.9. The highest BCUT2D eigenvalue weighted by atomic mass is 16.5. The third kappa shape index (κ3) is 6.30. The lowest BCUT2D eigenvalue weighted by Crippen LogP contribution is -2.49. The summed E-state index contributed by atoms with van der Waals surface area (Å²) in [6.07, 6.45) is 8.31. The van der Waals surface area contributed by atoms with E-state index in [9.17, 15) is 14.7 Å². The van der Waals surface area contributed by atoms with E-state index in [-0.39, 0.29) is 23.8 Å². The average molecular weight is 585 g/mol. The Morgan fingerprint density at radius 1 is 1.05 bits per heavy atom. The van der Waals surface area contributed by atoms with E-state index in [0.717, 1.165) is 60.1 Å². The summed E-state index contributed by atoms with van der Waals surface area (Å²) in [4.78, 5) is 38.2. The van der Waals surface area contributed by atoms with Crippen LogP contribution in [-0.4, -0.2) is 51.0 Å². The van der Waals surface area contributed by atoms with E-state index < -0.39 is 23.5 Å². The maximum atomic E-state index is 14.3. The smallest absolute Gasteiger partial charge is 0.326 e. The predicted octanol–water partition coefficient (Wildman–Crippen LogP) is 6.20. The molecule has 0 unspecified atom stereocenters. The summed E-state index contributed by atoms with van der Waals surface area (Å²) in [5.41, 5.74) is 4.21. The Morgan fingerprint density at radius 2 is 1.77 bits per heavy atom. The largest absolute Gasteiger partial charge is 0.481 e. The number of aromatic nitrogens is 2. The fourth-order valence-corrected chi connectivity index (χ4v) is 7.26. The molecule has 0 bridgehead atoms. The molecule has 1 amide bonds. The molecular weight excluding hydrogens is 540 g/mol. The van der Waals surface area contributed by atoms with Gasteiger partial charge in [0.25, 0.3) is 0 Å². The SMILES string of the molecule is COc1ncc(-c2cccnc2C)cc1CN[C@H]1[C@H](C(C)(C)C)[C@@H](C(=O)O)N(C(=O)C2CCCCC2)[C@H]1c1ccccc1. The van der Waals surface area contributed by atoms with Gasteiger partial charge in [0.2, 0.25) is 11.8 Å². The van der Waals surface area contributed by atoms with Gasteiger partial charge in [0.15, 0.2) is 0 Å². The molecule has 4 atom stereocenters. The minimum Gasteiger partial charge on any atom is -0.481 e. The second kappa shape index (κ2) is 12.8. The Morgan fingerprint density at radius 3 is 2.40 bits per heavy atom. The topological polar surface area (TPSA) is 105 Å². The average Bonchev–Trinajstić information content (AvgIpc) is 3.37. The fraction of sp³-hybridized carbons (Fsp3) is 0.486. The quantitative estimate of drug-likeness (QED) is 0.325. The highest BCUT2D eigenvalue weighted by Gasteiger charge is 2.58. The summed E-state index contributed by atoms with van der Waals surface area (Å²) in [5.74, 6) is -0.991. The lowest BCUT2D eigenvalue weighted by atomic mass is 9.72. The number of rotatable bonds is 8. The predicted molar refractivity (Wildman–Crippen MR) is 166 cm³/mol. The van der Waals surface area contributed by atoms with Gasteiger partial charge in [-0.15, -0.1) is 0 Å². The third-order valence-electron chi connectivity index (χ3n) is 9.23. The number of pyridine rings is 2. The van der Waals surface area contributed by atoms with Crippen molar-refractivity contribution in [2.24, 2.45) is 17.3 Å². The van der Waals surface area contributed by atoms with E-state index in [4.69, 9.17) is 4.74 Å². The number of nitrogens with zero attached hydrogens (tertiary/aromatic N) is 3. The molecule has 5 rings (SSSR count). The molecule has 228 valence electrons. The normalized spacial score (nSPS) is 22.9. The molecule has 2 fully saturated rings. The zero-order valence-electron chi connectivity index (χ0n) is 25.9. The Bertz CT molecular complexity index is 1430. The summed E-state index contributed by atoms with van der Waals surface area (Å²) in [6.45, 7) is 8.59. The number of aliphatic carboxylic acids is 1. The number of carbonyl (C=O) groups is 2.